The molecule has 1 aromatic carbocycles. The van der Waals surface area contributed by atoms with Crippen LogP contribution in [0.5, 0.6) is 0 Å². The van der Waals surface area contributed by atoms with E-state index in [1.807, 2.05) is 0 Å². The van der Waals surface area contributed by atoms with Crippen LogP contribution in [-0.2, 0) is 14.4 Å². The summed E-state index contributed by atoms with van der Waals surface area (Å²) in [6, 6.07) is 5.58. The van der Waals surface area contributed by atoms with E-state index in [-0.39, 0.29) is 54.1 Å². The minimum atomic E-state index is -1.15. The van der Waals surface area contributed by atoms with Crippen molar-refractivity contribution in [1.29, 1.82) is 0 Å². The molecule has 1 aromatic rings. The second kappa shape index (κ2) is 13.0. The van der Waals surface area contributed by atoms with Crippen LogP contribution >= 0.6 is 0 Å². The van der Waals surface area contributed by atoms with Gasteiger partial charge in [-0.25, -0.2) is 4.79 Å². The molecule has 9 nitrogen and oxygen atoms in total. The highest BCUT2D eigenvalue weighted by Crippen LogP contribution is 2.68. The van der Waals surface area contributed by atoms with Crippen molar-refractivity contribution in [3.63, 3.8) is 0 Å². The molecule has 0 spiro atoms. The molecule has 244 valence electrons. The number of nitrogen functional groups attached to an aromatic ring is 1. The van der Waals surface area contributed by atoms with Crippen molar-refractivity contribution >= 4 is 29.2 Å². The number of amides is 2. The molecular weight excluding hydrogens is 558 g/mol. The number of carboxylic acid groups (broad SMARTS) is 1. The van der Waals surface area contributed by atoms with E-state index in [2.05, 4.69) is 31.4 Å². The zero-order valence-electron chi connectivity index (χ0n) is 26.6. The van der Waals surface area contributed by atoms with Gasteiger partial charge < -0.3 is 31.7 Å². The van der Waals surface area contributed by atoms with E-state index in [1.165, 1.54) is 0 Å². The minimum absolute atomic E-state index is 0.00340. The van der Waals surface area contributed by atoms with Gasteiger partial charge in [0.1, 0.15) is 6.04 Å². The Morgan fingerprint density at radius 1 is 0.909 bits per heavy atom. The number of fused-ring (bicyclic) bond motifs is 5. The molecule has 2 amide bonds. The number of nitrogens with one attached hydrogen (secondary N) is 2. The van der Waals surface area contributed by atoms with E-state index >= 15 is 0 Å². The molecule has 44 heavy (non-hydrogen) atoms. The Labute approximate surface area is 261 Å². The maximum Gasteiger partial charge on any atom is 0.326 e. The van der Waals surface area contributed by atoms with E-state index in [4.69, 9.17) is 5.73 Å². The molecule has 4 aliphatic rings. The molecule has 9 heteroatoms. The number of aliphatic carboxylic acids is 1. The number of carbonyl (C=O) groups is 3. The number of rotatable bonds is 10. The fourth-order valence-corrected chi connectivity index (χ4v) is 10.3. The van der Waals surface area contributed by atoms with Crippen LogP contribution in [0.3, 0.4) is 0 Å². The van der Waals surface area contributed by atoms with Crippen molar-refractivity contribution in [1.82, 2.24) is 5.32 Å². The summed E-state index contributed by atoms with van der Waals surface area (Å²) in [4.78, 5) is 37.1. The maximum atomic E-state index is 12.9. The summed E-state index contributed by atoms with van der Waals surface area (Å²) in [5.41, 5.74) is 7.15. The third-order valence-corrected chi connectivity index (χ3v) is 12.7. The van der Waals surface area contributed by atoms with Gasteiger partial charge in [0.15, 0.2) is 0 Å². The summed E-state index contributed by atoms with van der Waals surface area (Å²) in [7, 11) is 0. The van der Waals surface area contributed by atoms with Gasteiger partial charge in [0.25, 0.3) is 0 Å². The third-order valence-electron chi connectivity index (χ3n) is 12.7. The summed E-state index contributed by atoms with van der Waals surface area (Å²) >= 11 is 0. The zero-order valence-corrected chi connectivity index (χ0v) is 26.6. The molecule has 5 rings (SSSR count). The van der Waals surface area contributed by atoms with Crippen LogP contribution in [0.15, 0.2) is 24.3 Å². The molecule has 4 fully saturated rings. The normalized spacial score (nSPS) is 37.5. The van der Waals surface area contributed by atoms with Crippen LogP contribution in [0, 0.1) is 46.3 Å². The lowest BCUT2D eigenvalue weighted by Gasteiger charge is -2.62. The summed E-state index contributed by atoms with van der Waals surface area (Å²) < 4.78 is 0. The van der Waals surface area contributed by atoms with Gasteiger partial charge >= 0.3 is 5.97 Å². The van der Waals surface area contributed by atoms with Crippen molar-refractivity contribution < 1.29 is 29.7 Å². The first-order chi connectivity index (χ1) is 20.8. The van der Waals surface area contributed by atoms with Gasteiger partial charge in [0, 0.05) is 24.2 Å². The van der Waals surface area contributed by atoms with E-state index in [0.717, 1.165) is 51.4 Å². The van der Waals surface area contributed by atoms with E-state index in [9.17, 15) is 29.7 Å². The SMILES string of the molecule is C[C@H](CCC(=O)N[C@@H](CCC(=O)Nc1ccc(N)cc1)C(=O)O)[C@H]1CC[C@H]2[C@@H]3[C@H](O)C[C@H]4C[C@H](O)CC[C@]4(C)[C@H]3CC[C@]12C. The van der Waals surface area contributed by atoms with Gasteiger partial charge in [0.05, 0.1) is 12.2 Å². The van der Waals surface area contributed by atoms with E-state index in [1.54, 1.807) is 24.3 Å². The van der Waals surface area contributed by atoms with Gasteiger partial charge in [-0.3, -0.25) is 9.59 Å². The van der Waals surface area contributed by atoms with Gasteiger partial charge in [-0.15, -0.1) is 0 Å². The molecule has 0 aromatic heterocycles. The highest BCUT2D eigenvalue weighted by atomic mass is 16.4. The largest absolute Gasteiger partial charge is 0.480 e. The fourth-order valence-electron chi connectivity index (χ4n) is 10.3. The van der Waals surface area contributed by atoms with Gasteiger partial charge in [-0.1, -0.05) is 20.8 Å². The van der Waals surface area contributed by atoms with Gasteiger partial charge in [-0.2, -0.15) is 0 Å². The van der Waals surface area contributed by atoms with Crippen LogP contribution in [0.4, 0.5) is 11.4 Å². The average Bonchev–Trinajstić information content (AvgIpc) is 3.33. The number of hydrogen-bond acceptors (Lipinski definition) is 6. The highest BCUT2D eigenvalue weighted by Gasteiger charge is 2.62. The van der Waals surface area contributed by atoms with Crippen LogP contribution in [0.25, 0.3) is 0 Å². The molecule has 0 aliphatic heterocycles. The number of nitrogens with two attached hydrogens (primary N) is 1. The molecule has 7 N–H and O–H groups in total. The second-order valence-corrected chi connectivity index (χ2v) is 15.1. The second-order valence-electron chi connectivity index (χ2n) is 15.1. The smallest absolute Gasteiger partial charge is 0.326 e. The van der Waals surface area contributed by atoms with Crippen molar-refractivity contribution in [2.75, 3.05) is 11.1 Å². The number of hydrogen-bond donors (Lipinski definition) is 6. The van der Waals surface area contributed by atoms with Crippen LogP contribution in [0.2, 0.25) is 0 Å². The lowest BCUT2D eigenvalue weighted by molar-refractivity contribution is -0.174. The molecule has 0 bridgehead atoms. The number of aliphatic hydroxyl groups is 2. The number of benzene rings is 1. The maximum absolute atomic E-state index is 12.9. The Morgan fingerprint density at radius 2 is 1.57 bits per heavy atom. The third kappa shape index (κ3) is 6.50. The predicted molar refractivity (Wildman–Crippen MR) is 169 cm³/mol. The molecule has 0 unspecified atom stereocenters. The predicted octanol–water partition coefficient (Wildman–Crippen LogP) is 4.96. The Morgan fingerprint density at radius 3 is 2.27 bits per heavy atom. The van der Waals surface area contributed by atoms with Crippen molar-refractivity contribution in [3.05, 3.63) is 24.3 Å². The minimum Gasteiger partial charge on any atom is -0.480 e. The first kappa shape index (κ1) is 32.7. The van der Waals surface area contributed by atoms with Crippen LogP contribution in [-0.4, -0.2) is 51.4 Å². The first-order valence-electron chi connectivity index (χ1n) is 16.9. The van der Waals surface area contributed by atoms with Crippen LogP contribution in [0.1, 0.15) is 97.8 Å². The molecule has 4 aliphatic carbocycles. The molecule has 11 atom stereocenters. The topological polar surface area (TPSA) is 162 Å². The van der Waals surface area contributed by atoms with E-state index in [0.29, 0.717) is 53.3 Å². The number of carboxylic acids is 1. The summed E-state index contributed by atoms with van der Waals surface area (Å²) in [5.74, 6) is 0.664. The lowest BCUT2D eigenvalue weighted by Crippen LogP contribution is -2.58. The average molecular weight is 612 g/mol. The highest BCUT2D eigenvalue weighted by molar-refractivity contribution is 5.91. The molecule has 0 radical (unpaired) electrons. The summed E-state index contributed by atoms with van der Waals surface area (Å²) in [5, 5.41) is 36.9. The Bertz CT molecular complexity index is 1210. The summed E-state index contributed by atoms with van der Waals surface area (Å²) in [6.45, 7) is 7.08. The first-order valence-corrected chi connectivity index (χ1v) is 16.9. The molecule has 0 heterocycles. The van der Waals surface area contributed by atoms with Crippen LogP contribution < -0.4 is 16.4 Å². The molecule has 4 saturated carbocycles. The Balaban J connectivity index is 1.13. The number of aliphatic hydroxyl groups excluding tert-OH is 2. The fraction of sp³-hybridized carbons (Fsp3) is 0.743. The Kier molecular flexibility index (Phi) is 9.66. The zero-order chi connectivity index (χ0) is 31.8. The van der Waals surface area contributed by atoms with E-state index < -0.39 is 12.0 Å². The summed E-state index contributed by atoms with van der Waals surface area (Å²) in [6.07, 6.45) is 8.36. The number of carbonyl (C=O) groups excluding carboxylic acids is 2. The van der Waals surface area contributed by atoms with Crippen molar-refractivity contribution in [2.24, 2.45) is 46.3 Å². The Hall–Kier alpha value is -2.65. The van der Waals surface area contributed by atoms with Gasteiger partial charge in [0.2, 0.25) is 11.8 Å². The number of anilines is 2. The van der Waals surface area contributed by atoms with Gasteiger partial charge in [-0.05, 0) is 135 Å². The molecular formula is C35H53N3O6. The standard InChI is InChI=1S/C35H53N3O6/c1-20(4-12-31(42)38-28(33(43)44)11-13-30(41)37-23-7-5-22(36)6-8-23)25-9-10-26-32-27(15-17-35(25,26)3)34(2)16-14-24(39)18-21(34)19-29(32)40/h5-8,20-21,24-29,32,39-40H,4,9-19,36H2,1-3H3,(H,37,41)(H,38,42)(H,43,44)/t20-,21-,24-,25-,26+,27+,28+,29-,32+,34+,35-/m1/s1. The van der Waals surface area contributed by atoms with Crippen molar-refractivity contribution in [2.45, 2.75) is 116 Å². The molecule has 0 saturated heterocycles. The quantitative estimate of drug-likeness (QED) is 0.204. The lowest BCUT2D eigenvalue weighted by atomic mass is 9.43. The van der Waals surface area contributed by atoms with Crippen molar-refractivity contribution in [3.8, 4) is 0 Å². The monoisotopic (exact) mass is 611 g/mol.